The summed E-state index contributed by atoms with van der Waals surface area (Å²) in [4.78, 5) is 0. The molecule has 1 fully saturated rings. The van der Waals surface area contributed by atoms with Crippen molar-refractivity contribution >= 4 is 0 Å². The van der Waals surface area contributed by atoms with E-state index in [-0.39, 0.29) is 0 Å². The largest absolute Gasteiger partial charge is 0.496 e. The van der Waals surface area contributed by atoms with Gasteiger partial charge in [-0.3, -0.25) is 0 Å². The number of hydrogen-bond donors (Lipinski definition) is 1. The molecule has 1 heterocycles. The van der Waals surface area contributed by atoms with Gasteiger partial charge in [0.25, 0.3) is 0 Å². The van der Waals surface area contributed by atoms with E-state index in [0.29, 0.717) is 0 Å². The van der Waals surface area contributed by atoms with E-state index in [1.807, 2.05) is 0 Å². The van der Waals surface area contributed by atoms with Gasteiger partial charge < -0.3 is 10.1 Å². The first-order valence-corrected chi connectivity index (χ1v) is 2.41. The molecule has 0 amide bonds. The first-order valence-electron chi connectivity index (χ1n) is 2.41. The predicted molar refractivity (Wildman–Crippen MR) is 28.0 cm³/mol. The fourth-order valence-electron chi connectivity index (χ4n) is 0.546. The monoisotopic (exact) mass is 99.1 g/mol. The molecule has 0 saturated carbocycles. The second kappa shape index (κ2) is 1.98. The van der Waals surface area contributed by atoms with E-state index < -0.39 is 0 Å². The molecular weight excluding hydrogens is 90.1 g/mol. The SMILES string of the molecule is C=C1CNCCO1. The van der Waals surface area contributed by atoms with Crippen molar-refractivity contribution in [1.29, 1.82) is 0 Å². The Morgan fingerprint density at radius 2 is 2.57 bits per heavy atom. The van der Waals surface area contributed by atoms with Crippen molar-refractivity contribution in [1.82, 2.24) is 5.32 Å². The van der Waals surface area contributed by atoms with Gasteiger partial charge in [0.1, 0.15) is 12.4 Å². The van der Waals surface area contributed by atoms with E-state index in [0.717, 1.165) is 25.5 Å². The van der Waals surface area contributed by atoms with Crippen LogP contribution < -0.4 is 5.32 Å². The molecule has 1 rings (SSSR count). The summed E-state index contributed by atoms with van der Waals surface area (Å²) in [5, 5.41) is 3.11. The van der Waals surface area contributed by atoms with Crippen molar-refractivity contribution in [2.24, 2.45) is 0 Å². The number of hydrogen-bond acceptors (Lipinski definition) is 2. The van der Waals surface area contributed by atoms with Crippen LogP contribution in [0.2, 0.25) is 0 Å². The standard InChI is InChI=1S/C5H9NO/c1-5-4-6-2-3-7-5/h6H,1-4H2. The van der Waals surface area contributed by atoms with Crippen molar-refractivity contribution in [3.63, 3.8) is 0 Å². The van der Waals surface area contributed by atoms with Gasteiger partial charge in [0.15, 0.2) is 0 Å². The first-order chi connectivity index (χ1) is 3.39. The van der Waals surface area contributed by atoms with E-state index in [1.54, 1.807) is 0 Å². The molecule has 1 aliphatic rings. The van der Waals surface area contributed by atoms with Crippen LogP contribution >= 0.6 is 0 Å². The summed E-state index contributed by atoms with van der Waals surface area (Å²) < 4.78 is 5.02. The normalized spacial score (nSPS) is 21.4. The lowest BCUT2D eigenvalue weighted by atomic mass is 10.5. The third-order valence-corrected chi connectivity index (χ3v) is 0.907. The Morgan fingerprint density at radius 1 is 1.71 bits per heavy atom. The third-order valence-electron chi connectivity index (χ3n) is 0.907. The summed E-state index contributed by atoms with van der Waals surface area (Å²) >= 11 is 0. The highest BCUT2D eigenvalue weighted by atomic mass is 16.5. The average molecular weight is 99.1 g/mol. The minimum absolute atomic E-state index is 0.777. The number of morpholine rings is 1. The first kappa shape index (κ1) is 4.65. The predicted octanol–water partition coefficient (Wildman–Crippen LogP) is 0.120. The average Bonchev–Trinajstić information content (AvgIpc) is 1.69. The van der Waals surface area contributed by atoms with Gasteiger partial charge in [-0.15, -0.1) is 0 Å². The lowest BCUT2D eigenvalue weighted by Crippen LogP contribution is -2.28. The highest BCUT2D eigenvalue weighted by Gasteiger charge is 1.99. The van der Waals surface area contributed by atoms with E-state index in [2.05, 4.69) is 11.9 Å². The molecule has 0 radical (unpaired) electrons. The topological polar surface area (TPSA) is 21.3 Å². The summed E-state index contributed by atoms with van der Waals surface area (Å²) in [6.45, 7) is 6.18. The van der Waals surface area contributed by atoms with Crippen molar-refractivity contribution < 1.29 is 4.74 Å². The zero-order valence-corrected chi connectivity index (χ0v) is 4.24. The fourth-order valence-corrected chi connectivity index (χ4v) is 0.546. The summed E-state index contributed by atoms with van der Waals surface area (Å²) in [7, 11) is 0. The number of ether oxygens (including phenoxy) is 1. The minimum Gasteiger partial charge on any atom is -0.496 e. The van der Waals surface area contributed by atoms with Crippen LogP contribution in [0.25, 0.3) is 0 Å². The zero-order valence-electron chi connectivity index (χ0n) is 4.24. The summed E-state index contributed by atoms with van der Waals surface area (Å²) in [5.74, 6) is 0.853. The van der Waals surface area contributed by atoms with E-state index in [9.17, 15) is 0 Å². The molecule has 0 bridgehead atoms. The molecule has 7 heavy (non-hydrogen) atoms. The molecule has 0 spiro atoms. The Morgan fingerprint density at radius 3 is 2.86 bits per heavy atom. The molecule has 0 aromatic rings. The van der Waals surface area contributed by atoms with Crippen LogP contribution in [0.15, 0.2) is 12.3 Å². The van der Waals surface area contributed by atoms with Crippen LogP contribution in [-0.4, -0.2) is 19.7 Å². The van der Waals surface area contributed by atoms with Crippen LogP contribution in [0.1, 0.15) is 0 Å². The van der Waals surface area contributed by atoms with Crippen LogP contribution in [0.3, 0.4) is 0 Å². The van der Waals surface area contributed by atoms with Crippen molar-refractivity contribution in [2.45, 2.75) is 0 Å². The number of nitrogens with one attached hydrogen (secondary N) is 1. The lowest BCUT2D eigenvalue weighted by Gasteiger charge is -2.15. The quantitative estimate of drug-likeness (QED) is 0.465. The maximum absolute atomic E-state index is 5.02. The third kappa shape index (κ3) is 1.20. The fraction of sp³-hybridized carbons (Fsp3) is 0.600. The van der Waals surface area contributed by atoms with Crippen LogP contribution in [0.4, 0.5) is 0 Å². The molecule has 40 valence electrons. The summed E-state index contributed by atoms with van der Waals surface area (Å²) in [6, 6.07) is 0. The number of rotatable bonds is 0. The van der Waals surface area contributed by atoms with Gasteiger partial charge in [0, 0.05) is 6.54 Å². The Labute approximate surface area is 43.2 Å². The van der Waals surface area contributed by atoms with Gasteiger partial charge in [-0.2, -0.15) is 0 Å². The van der Waals surface area contributed by atoms with Gasteiger partial charge in [-0.1, -0.05) is 6.58 Å². The Kier molecular flexibility index (Phi) is 1.32. The second-order valence-electron chi connectivity index (χ2n) is 1.56. The summed E-state index contributed by atoms with van der Waals surface area (Å²) in [5.41, 5.74) is 0. The van der Waals surface area contributed by atoms with Gasteiger partial charge in [0.2, 0.25) is 0 Å². The van der Waals surface area contributed by atoms with Gasteiger partial charge >= 0.3 is 0 Å². The summed E-state index contributed by atoms with van der Waals surface area (Å²) in [6.07, 6.45) is 0. The molecule has 0 atom stereocenters. The van der Waals surface area contributed by atoms with E-state index >= 15 is 0 Å². The van der Waals surface area contributed by atoms with Crippen LogP contribution in [0, 0.1) is 0 Å². The van der Waals surface area contributed by atoms with Gasteiger partial charge in [-0.05, 0) is 0 Å². The maximum atomic E-state index is 5.02. The molecular formula is C5H9NO. The highest BCUT2D eigenvalue weighted by molar-refractivity contribution is 4.87. The molecule has 1 N–H and O–H groups in total. The van der Waals surface area contributed by atoms with E-state index in [1.165, 1.54) is 0 Å². The van der Waals surface area contributed by atoms with Crippen LogP contribution in [0.5, 0.6) is 0 Å². The highest BCUT2D eigenvalue weighted by Crippen LogP contribution is 1.93. The molecule has 0 unspecified atom stereocenters. The Bertz CT molecular complexity index is 72.1. The molecule has 2 nitrogen and oxygen atoms in total. The van der Waals surface area contributed by atoms with Crippen LogP contribution in [-0.2, 0) is 4.74 Å². The van der Waals surface area contributed by atoms with Crippen molar-refractivity contribution in [3.8, 4) is 0 Å². The van der Waals surface area contributed by atoms with E-state index in [4.69, 9.17) is 4.74 Å². The minimum atomic E-state index is 0.777. The molecule has 0 aliphatic carbocycles. The van der Waals surface area contributed by atoms with Crippen molar-refractivity contribution in [3.05, 3.63) is 12.3 Å². The molecule has 2 heteroatoms. The molecule has 0 aromatic carbocycles. The maximum Gasteiger partial charge on any atom is 0.103 e. The smallest absolute Gasteiger partial charge is 0.103 e. The molecule has 1 aliphatic heterocycles. The lowest BCUT2D eigenvalue weighted by molar-refractivity contribution is 0.179. The van der Waals surface area contributed by atoms with Gasteiger partial charge in [0.05, 0.1) is 6.54 Å². The second-order valence-corrected chi connectivity index (χ2v) is 1.56. The Hall–Kier alpha value is -0.500. The molecule has 0 aromatic heterocycles. The van der Waals surface area contributed by atoms with Gasteiger partial charge in [-0.25, -0.2) is 0 Å². The zero-order chi connectivity index (χ0) is 5.11. The Balaban J connectivity index is 2.25. The molecule has 1 saturated heterocycles. The van der Waals surface area contributed by atoms with Crippen molar-refractivity contribution in [2.75, 3.05) is 19.7 Å².